The van der Waals surface area contributed by atoms with Crippen LogP contribution in [0.3, 0.4) is 0 Å². The molecule has 4 heteroatoms. The molecule has 1 aliphatic heterocycles. The first-order valence-electron chi connectivity index (χ1n) is 6.95. The summed E-state index contributed by atoms with van der Waals surface area (Å²) >= 11 is 0. The van der Waals surface area contributed by atoms with E-state index in [1.54, 1.807) is 6.07 Å². The Morgan fingerprint density at radius 2 is 2.21 bits per heavy atom. The molecule has 19 heavy (non-hydrogen) atoms. The van der Waals surface area contributed by atoms with Gasteiger partial charge in [-0.1, -0.05) is 6.07 Å². The minimum absolute atomic E-state index is 0.283. The fourth-order valence-corrected chi connectivity index (χ4v) is 2.77. The fourth-order valence-electron chi connectivity index (χ4n) is 2.77. The lowest BCUT2D eigenvalue weighted by Crippen LogP contribution is -2.27. The number of nitrogens with one attached hydrogen (secondary N) is 1. The van der Waals surface area contributed by atoms with E-state index < -0.39 is 0 Å². The lowest BCUT2D eigenvalue weighted by atomic mass is 10.2. The average molecular weight is 260 g/mol. The maximum atomic E-state index is 11.5. The molecular weight excluding hydrogens is 240 g/mol. The topological polar surface area (TPSA) is 41.6 Å². The third-order valence-corrected chi connectivity index (χ3v) is 3.94. The number of carbonyl (C=O) groups excluding carboxylic acids is 1. The SMILES string of the molecule is COC(=O)c1cccc(NC2CCN(C3CC3)C2)c1. The number of hydrogen-bond acceptors (Lipinski definition) is 4. The Kier molecular flexibility index (Phi) is 3.42. The van der Waals surface area contributed by atoms with E-state index in [1.807, 2.05) is 18.2 Å². The maximum Gasteiger partial charge on any atom is 0.337 e. The highest BCUT2D eigenvalue weighted by Gasteiger charge is 2.34. The number of ether oxygens (including phenoxy) is 1. The van der Waals surface area contributed by atoms with Crippen molar-refractivity contribution in [3.05, 3.63) is 29.8 Å². The predicted octanol–water partition coefficient (Wildman–Crippen LogP) is 2.12. The molecule has 102 valence electrons. The molecule has 1 aromatic carbocycles. The van der Waals surface area contributed by atoms with Crippen LogP contribution in [0.4, 0.5) is 5.69 Å². The Labute approximate surface area is 113 Å². The molecule has 1 saturated heterocycles. The number of benzene rings is 1. The molecule has 1 saturated carbocycles. The molecule has 1 aromatic rings. The monoisotopic (exact) mass is 260 g/mol. The molecule has 2 fully saturated rings. The van der Waals surface area contributed by atoms with Crippen molar-refractivity contribution >= 4 is 11.7 Å². The van der Waals surface area contributed by atoms with Crippen molar-refractivity contribution in [2.24, 2.45) is 0 Å². The Morgan fingerprint density at radius 3 is 2.95 bits per heavy atom. The number of carbonyl (C=O) groups is 1. The minimum Gasteiger partial charge on any atom is -0.465 e. The molecule has 2 aliphatic rings. The van der Waals surface area contributed by atoms with Gasteiger partial charge in [0.25, 0.3) is 0 Å². The Bertz CT molecular complexity index is 471. The van der Waals surface area contributed by atoms with E-state index in [9.17, 15) is 4.79 Å². The summed E-state index contributed by atoms with van der Waals surface area (Å²) in [5, 5.41) is 3.52. The maximum absolute atomic E-state index is 11.5. The van der Waals surface area contributed by atoms with Gasteiger partial charge in [0, 0.05) is 30.9 Å². The number of rotatable bonds is 4. The molecule has 1 unspecified atom stereocenters. The lowest BCUT2D eigenvalue weighted by Gasteiger charge is -2.17. The molecule has 0 radical (unpaired) electrons. The highest BCUT2D eigenvalue weighted by molar-refractivity contribution is 5.90. The standard InChI is InChI=1S/C15H20N2O2/c1-19-15(18)11-3-2-4-12(9-11)16-13-7-8-17(10-13)14-5-6-14/h2-4,9,13-14,16H,5-8,10H2,1H3. The van der Waals surface area contributed by atoms with Gasteiger partial charge in [-0.15, -0.1) is 0 Å². The average Bonchev–Trinajstić information content (AvgIpc) is 3.19. The summed E-state index contributed by atoms with van der Waals surface area (Å²) < 4.78 is 4.74. The van der Waals surface area contributed by atoms with Gasteiger partial charge in [0.1, 0.15) is 0 Å². The van der Waals surface area contributed by atoms with Crippen molar-refractivity contribution in [2.75, 3.05) is 25.5 Å². The van der Waals surface area contributed by atoms with Crippen LogP contribution in [0.2, 0.25) is 0 Å². The van der Waals surface area contributed by atoms with Crippen LogP contribution in [0, 0.1) is 0 Å². The summed E-state index contributed by atoms with van der Waals surface area (Å²) in [4.78, 5) is 14.1. The van der Waals surface area contributed by atoms with Crippen molar-refractivity contribution in [2.45, 2.75) is 31.3 Å². The highest BCUT2D eigenvalue weighted by Crippen LogP contribution is 2.30. The van der Waals surface area contributed by atoms with Gasteiger partial charge >= 0.3 is 5.97 Å². The Morgan fingerprint density at radius 1 is 1.37 bits per heavy atom. The van der Waals surface area contributed by atoms with Crippen LogP contribution in [0.25, 0.3) is 0 Å². The van der Waals surface area contributed by atoms with E-state index in [-0.39, 0.29) is 5.97 Å². The van der Waals surface area contributed by atoms with Gasteiger partial charge in [0.2, 0.25) is 0 Å². The second kappa shape index (κ2) is 5.21. The first kappa shape index (κ1) is 12.5. The van der Waals surface area contributed by atoms with E-state index in [1.165, 1.54) is 32.9 Å². The summed E-state index contributed by atoms with van der Waals surface area (Å²) in [6.45, 7) is 2.31. The molecule has 1 N–H and O–H groups in total. The molecule has 4 nitrogen and oxygen atoms in total. The van der Waals surface area contributed by atoms with Crippen LogP contribution in [0.5, 0.6) is 0 Å². The Balaban J connectivity index is 1.61. The van der Waals surface area contributed by atoms with E-state index in [0.717, 1.165) is 18.3 Å². The molecule has 3 rings (SSSR count). The zero-order valence-corrected chi connectivity index (χ0v) is 11.3. The van der Waals surface area contributed by atoms with Gasteiger partial charge in [0.05, 0.1) is 12.7 Å². The van der Waals surface area contributed by atoms with Crippen LogP contribution in [-0.2, 0) is 4.74 Å². The summed E-state index contributed by atoms with van der Waals surface area (Å²) in [6, 6.07) is 8.88. The number of hydrogen-bond donors (Lipinski definition) is 1. The molecular formula is C15H20N2O2. The smallest absolute Gasteiger partial charge is 0.337 e. The zero-order chi connectivity index (χ0) is 13.2. The summed E-state index contributed by atoms with van der Waals surface area (Å²) in [7, 11) is 1.41. The first-order chi connectivity index (χ1) is 9.26. The number of anilines is 1. The van der Waals surface area contributed by atoms with Crippen LogP contribution in [0.15, 0.2) is 24.3 Å². The Hall–Kier alpha value is -1.55. The molecule has 1 atom stereocenters. The molecule has 0 bridgehead atoms. The van der Waals surface area contributed by atoms with Crippen LogP contribution < -0.4 is 5.32 Å². The van der Waals surface area contributed by atoms with Gasteiger partial charge in [-0.05, 0) is 37.5 Å². The van der Waals surface area contributed by atoms with Crippen molar-refractivity contribution in [3.8, 4) is 0 Å². The number of esters is 1. The largest absolute Gasteiger partial charge is 0.465 e. The molecule has 1 aliphatic carbocycles. The quantitative estimate of drug-likeness (QED) is 0.842. The van der Waals surface area contributed by atoms with E-state index in [2.05, 4.69) is 10.2 Å². The summed E-state index contributed by atoms with van der Waals surface area (Å²) in [6.07, 6.45) is 3.91. The number of methoxy groups -OCH3 is 1. The van der Waals surface area contributed by atoms with Crippen molar-refractivity contribution in [1.29, 1.82) is 0 Å². The molecule has 0 spiro atoms. The number of likely N-dealkylation sites (tertiary alicyclic amines) is 1. The summed E-state index contributed by atoms with van der Waals surface area (Å²) in [5.74, 6) is -0.283. The van der Waals surface area contributed by atoms with Gasteiger partial charge in [-0.3, -0.25) is 4.90 Å². The van der Waals surface area contributed by atoms with Crippen molar-refractivity contribution < 1.29 is 9.53 Å². The zero-order valence-electron chi connectivity index (χ0n) is 11.3. The van der Waals surface area contributed by atoms with Gasteiger partial charge in [0.15, 0.2) is 0 Å². The van der Waals surface area contributed by atoms with Crippen molar-refractivity contribution in [3.63, 3.8) is 0 Å². The van der Waals surface area contributed by atoms with E-state index >= 15 is 0 Å². The van der Waals surface area contributed by atoms with E-state index in [0.29, 0.717) is 11.6 Å². The molecule has 0 amide bonds. The van der Waals surface area contributed by atoms with Crippen LogP contribution in [0.1, 0.15) is 29.6 Å². The van der Waals surface area contributed by atoms with Gasteiger partial charge in [-0.2, -0.15) is 0 Å². The first-order valence-corrected chi connectivity index (χ1v) is 6.95. The second-order valence-electron chi connectivity index (χ2n) is 5.43. The van der Waals surface area contributed by atoms with E-state index in [4.69, 9.17) is 4.74 Å². The molecule has 0 aromatic heterocycles. The number of nitrogens with zero attached hydrogens (tertiary/aromatic N) is 1. The van der Waals surface area contributed by atoms with Crippen LogP contribution >= 0.6 is 0 Å². The summed E-state index contributed by atoms with van der Waals surface area (Å²) in [5.41, 5.74) is 1.61. The molecule has 1 heterocycles. The van der Waals surface area contributed by atoms with Crippen molar-refractivity contribution in [1.82, 2.24) is 4.90 Å². The predicted molar refractivity (Wildman–Crippen MR) is 74.4 cm³/mol. The third kappa shape index (κ3) is 2.89. The lowest BCUT2D eigenvalue weighted by molar-refractivity contribution is 0.0601. The second-order valence-corrected chi connectivity index (χ2v) is 5.43. The third-order valence-electron chi connectivity index (χ3n) is 3.94. The minimum atomic E-state index is -0.283. The van der Waals surface area contributed by atoms with Crippen LogP contribution in [-0.4, -0.2) is 43.2 Å². The normalized spacial score (nSPS) is 23.3. The van der Waals surface area contributed by atoms with Gasteiger partial charge < -0.3 is 10.1 Å². The van der Waals surface area contributed by atoms with Gasteiger partial charge in [-0.25, -0.2) is 4.79 Å². The fraction of sp³-hybridized carbons (Fsp3) is 0.533. The highest BCUT2D eigenvalue weighted by atomic mass is 16.5.